The van der Waals surface area contributed by atoms with Crippen LogP contribution >= 0.6 is 0 Å². The molecule has 0 radical (unpaired) electrons. The summed E-state index contributed by atoms with van der Waals surface area (Å²) in [7, 11) is -3.47. The lowest BCUT2D eigenvalue weighted by Crippen LogP contribution is -2.48. The first kappa shape index (κ1) is 23.3. The van der Waals surface area contributed by atoms with Crippen LogP contribution in [0.4, 0.5) is 0 Å². The van der Waals surface area contributed by atoms with Crippen LogP contribution in [0.2, 0.25) is 0 Å². The Bertz CT molecular complexity index is 1140. The molecular formula is C29H34N2O2S. The first-order valence-corrected chi connectivity index (χ1v) is 13.9. The summed E-state index contributed by atoms with van der Waals surface area (Å²) >= 11 is 0. The Morgan fingerprint density at radius 1 is 0.676 bits per heavy atom. The van der Waals surface area contributed by atoms with Gasteiger partial charge in [0, 0.05) is 19.6 Å². The van der Waals surface area contributed by atoms with E-state index in [1.807, 2.05) is 6.07 Å². The van der Waals surface area contributed by atoms with Crippen molar-refractivity contribution in [3.05, 3.63) is 102 Å². The van der Waals surface area contributed by atoms with Crippen LogP contribution in [-0.4, -0.2) is 50.3 Å². The van der Waals surface area contributed by atoms with Gasteiger partial charge < -0.3 is 4.90 Å². The fourth-order valence-electron chi connectivity index (χ4n) is 5.79. The van der Waals surface area contributed by atoms with Crippen LogP contribution in [0.15, 0.2) is 95.9 Å². The molecule has 2 heterocycles. The van der Waals surface area contributed by atoms with Gasteiger partial charge in [0.1, 0.15) is 0 Å². The second-order valence-electron chi connectivity index (χ2n) is 9.73. The van der Waals surface area contributed by atoms with Crippen molar-refractivity contribution in [2.75, 3.05) is 32.7 Å². The molecule has 2 aliphatic heterocycles. The molecule has 0 aromatic heterocycles. The van der Waals surface area contributed by atoms with Crippen molar-refractivity contribution in [1.29, 1.82) is 0 Å². The summed E-state index contributed by atoms with van der Waals surface area (Å²) in [6.45, 7) is 4.24. The third kappa shape index (κ3) is 5.12. The molecule has 2 unspecified atom stereocenters. The van der Waals surface area contributed by atoms with Gasteiger partial charge in [-0.05, 0) is 73.4 Å². The van der Waals surface area contributed by atoms with E-state index in [1.165, 1.54) is 24.0 Å². The van der Waals surface area contributed by atoms with Gasteiger partial charge in [-0.25, -0.2) is 8.42 Å². The lowest BCUT2D eigenvalue weighted by molar-refractivity contribution is 0.136. The van der Waals surface area contributed by atoms with Crippen molar-refractivity contribution in [2.45, 2.75) is 36.0 Å². The van der Waals surface area contributed by atoms with Crippen molar-refractivity contribution in [3.8, 4) is 0 Å². The molecule has 0 aliphatic carbocycles. The SMILES string of the molecule is O=S(=O)(c1ccccc1)N1CCC(c2ccccc2)C(CN2CCC(c3ccccc3)CC2)C1. The normalized spacial score (nSPS) is 23.1. The lowest BCUT2D eigenvalue weighted by Gasteiger charge is -2.42. The predicted molar refractivity (Wildman–Crippen MR) is 137 cm³/mol. The first-order valence-electron chi connectivity index (χ1n) is 12.5. The standard InChI is InChI=1S/C29H34N2O2S/c32-34(33,28-14-8-3-9-15-28)31-21-18-29(26-12-6-2-7-13-26)27(23-31)22-30-19-16-25(17-20-30)24-10-4-1-5-11-24/h1-15,25,27,29H,16-23H2. The molecule has 2 aliphatic rings. The van der Waals surface area contributed by atoms with Gasteiger partial charge in [0.2, 0.25) is 10.0 Å². The number of benzene rings is 3. The minimum Gasteiger partial charge on any atom is -0.303 e. The van der Waals surface area contributed by atoms with Crippen LogP contribution < -0.4 is 0 Å². The zero-order valence-electron chi connectivity index (χ0n) is 19.7. The molecule has 0 saturated carbocycles. The van der Waals surface area contributed by atoms with E-state index >= 15 is 0 Å². The Morgan fingerprint density at radius 2 is 1.24 bits per heavy atom. The summed E-state index contributed by atoms with van der Waals surface area (Å²) in [5.74, 6) is 1.29. The summed E-state index contributed by atoms with van der Waals surface area (Å²) in [5, 5.41) is 0. The molecule has 34 heavy (non-hydrogen) atoms. The summed E-state index contributed by atoms with van der Waals surface area (Å²) < 4.78 is 28.5. The van der Waals surface area contributed by atoms with Crippen molar-refractivity contribution < 1.29 is 8.42 Å². The van der Waals surface area contributed by atoms with Gasteiger partial charge in [-0.1, -0.05) is 78.9 Å². The van der Waals surface area contributed by atoms with Crippen LogP contribution in [0.3, 0.4) is 0 Å². The van der Waals surface area contributed by atoms with Crippen LogP contribution in [-0.2, 0) is 10.0 Å². The summed E-state index contributed by atoms with van der Waals surface area (Å²) in [5.41, 5.74) is 2.78. The third-order valence-corrected chi connectivity index (χ3v) is 9.54. The van der Waals surface area contributed by atoms with Crippen LogP contribution in [0.1, 0.15) is 42.2 Å². The second-order valence-corrected chi connectivity index (χ2v) is 11.7. The highest BCUT2D eigenvalue weighted by Crippen LogP contribution is 2.37. The minimum atomic E-state index is -3.47. The highest BCUT2D eigenvalue weighted by atomic mass is 32.2. The Kier molecular flexibility index (Phi) is 7.14. The smallest absolute Gasteiger partial charge is 0.243 e. The molecule has 178 valence electrons. The molecule has 0 N–H and O–H groups in total. The number of likely N-dealkylation sites (tertiary alicyclic amines) is 1. The number of piperidine rings is 2. The molecule has 2 fully saturated rings. The van der Waals surface area contributed by atoms with E-state index in [-0.39, 0.29) is 5.92 Å². The van der Waals surface area contributed by atoms with Gasteiger partial charge in [0.05, 0.1) is 4.90 Å². The molecule has 2 atom stereocenters. The monoisotopic (exact) mass is 474 g/mol. The molecule has 2 saturated heterocycles. The zero-order chi connectivity index (χ0) is 23.4. The Morgan fingerprint density at radius 3 is 1.85 bits per heavy atom. The van der Waals surface area contributed by atoms with Gasteiger partial charge in [-0.15, -0.1) is 0 Å². The Labute approximate surface area is 204 Å². The van der Waals surface area contributed by atoms with Crippen molar-refractivity contribution in [2.24, 2.45) is 5.92 Å². The van der Waals surface area contributed by atoms with Gasteiger partial charge in [-0.3, -0.25) is 0 Å². The maximum atomic E-state index is 13.4. The summed E-state index contributed by atoms with van der Waals surface area (Å²) in [6, 6.07) is 30.4. The minimum absolute atomic E-state index is 0.280. The van der Waals surface area contributed by atoms with E-state index in [1.54, 1.807) is 28.6 Å². The second kappa shape index (κ2) is 10.4. The average molecular weight is 475 g/mol. The molecule has 0 bridgehead atoms. The van der Waals surface area contributed by atoms with Gasteiger partial charge in [-0.2, -0.15) is 4.31 Å². The highest BCUT2D eigenvalue weighted by Gasteiger charge is 2.37. The zero-order valence-corrected chi connectivity index (χ0v) is 20.5. The van der Waals surface area contributed by atoms with Crippen molar-refractivity contribution in [3.63, 3.8) is 0 Å². The highest BCUT2D eigenvalue weighted by molar-refractivity contribution is 7.89. The van der Waals surface area contributed by atoms with Crippen molar-refractivity contribution >= 4 is 10.0 Å². The molecule has 5 rings (SSSR count). The molecule has 3 aromatic rings. The maximum absolute atomic E-state index is 13.4. The fourth-order valence-corrected chi connectivity index (χ4v) is 7.32. The maximum Gasteiger partial charge on any atom is 0.243 e. The number of sulfonamides is 1. The molecule has 3 aromatic carbocycles. The van der Waals surface area contributed by atoms with Crippen molar-refractivity contribution in [1.82, 2.24) is 9.21 Å². The van der Waals surface area contributed by atoms with Gasteiger partial charge in [0.25, 0.3) is 0 Å². The van der Waals surface area contributed by atoms with E-state index in [0.29, 0.717) is 29.8 Å². The van der Waals surface area contributed by atoms with Crippen LogP contribution in [0.5, 0.6) is 0 Å². The first-order chi connectivity index (χ1) is 16.6. The van der Waals surface area contributed by atoms with E-state index in [0.717, 1.165) is 26.1 Å². The average Bonchev–Trinajstić information content (AvgIpc) is 2.90. The molecular weight excluding hydrogens is 440 g/mol. The molecule has 5 heteroatoms. The molecule has 0 amide bonds. The topological polar surface area (TPSA) is 40.6 Å². The Balaban J connectivity index is 1.31. The third-order valence-electron chi connectivity index (χ3n) is 7.66. The van der Waals surface area contributed by atoms with E-state index in [2.05, 4.69) is 65.6 Å². The lowest BCUT2D eigenvalue weighted by atomic mass is 9.80. The predicted octanol–water partition coefficient (Wildman–Crippen LogP) is 5.36. The molecule has 0 spiro atoms. The number of nitrogens with zero attached hydrogens (tertiary/aromatic N) is 2. The number of hydrogen-bond donors (Lipinski definition) is 0. The van der Waals surface area contributed by atoms with Gasteiger partial charge >= 0.3 is 0 Å². The van der Waals surface area contributed by atoms with E-state index in [4.69, 9.17) is 0 Å². The van der Waals surface area contributed by atoms with Crippen LogP contribution in [0.25, 0.3) is 0 Å². The quantitative estimate of drug-likeness (QED) is 0.483. The van der Waals surface area contributed by atoms with Crippen LogP contribution in [0, 0.1) is 5.92 Å². The number of rotatable bonds is 6. The largest absolute Gasteiger partial charge is 0.303 e. The van der Waals surface area contributed by atoms with E-state index in [9.17, 15) is 8.42 Å². The van der Waals surface area contributed by atoms with Gasteiger partial charge in [0.15, 0.2) is 0 Å². The number of hydrogen-bond acceptors (Lipinski definition) is 3. The summed E-state index contributed by atoms with van der Waals surface area (Å²) in [6.07, 6.45) is 3.19. The Hall–Kier alpha value is -2.47. The fraction of sp³-hybridized carbons (Fsp3) is 0.379. The van der Waals surface area contributed by atoms with E-state index < -0.39 is 10.0 Å². The molecule has 4 nitrogen and oxygen atoms in total. The summed E-state index contributed by atoms with van der Waals surface area (Å²) in [4.78, 5) is 2.97.